The highest BCUT2D eigenvalue weighted by molar-refractivity contribution is 5.98. The number of ether oxygens (including phenoxy) is 1. The van der Waals surface area contributed by atoms with E-state index in [0.29, 0.717) is 11.7 Å². The first kappa shape index (κ1) is 16.9. The number of carbonyl (C=O) groups excluding carboxylic acids is 1. The van der Waals surface area contributed by atoms with Crippen LogP contribution in [0.2, 0.25) is 0 Å². The number of methoxy groups -OCH3 is 1. The Morgan fingerprint density at radius 2 is 2.08 bits per heavy atom. The average Bonchev–Trinajstić information content (AvgIpc) is 3.08. The van der Waals surface area contributed by atoms with E-state index in [1.807, 2.05) is 7.05 Å². The quantitative estimate of drug-likeness (QED) is 0.933. The van der Waals surface area contributed by atoms with Crippen LogP contribution in [0, 0.1) is 5.82 Å². The van der Waals surface area contributed by atoms with E-state index in [0.717, 1.165) is 24.0 Å². The van der Waals surface area contributed by atoms with Crippen molar-refractivity contribution in [3.05, 3.63) is 35.8 Å². The lowest BCUT2D eigenvalue weighted by Gasteiger charge is -2.20. The molecule has 1 aliphatic heterocycles. The minimum atomic E-state index is -0.303. The first-order valence-corrected chi connectivity index (χ1v) is 8.23. The van der Waals surface area contributed by atoms with Crippen molar-refractivity contribution < 1.29 is 13.9 Å². The minimum absolute atomic E-state index is 0.0246. The molecule has 0 bridgehead atoms. The van der Waals surface area contributed by atoms with Crippen LogP contribution in [-0.2, 0) is 11.8 Å². The molecule has 1 amide bonds. The number of hydrogen-bond acceptors (Lipinski definition) is 3. The van der Waals surface area contributed by atoms with Crippen LogP contribution in [0.1, 0.15) is 24.3 Å². The summed E-state index contributed by atoms with van der Waals surface area (Å²) in [5, 5.41) is 3.80. The van der Waals surface area contributed by atoms with Crippen LogP contribution in [0.3, 0.4) is 0 Å². The summed E-state index contributed by atoms with van der Waals surface area (Å²) in [7, 11) is 3.49. The Kier molecular flexibility index (Phi) is 4.60. The van der Waals surface area contributed by atoms with Crippen LogP contribution in [0.15, 0.2) is 24.3 Å². The summed E-state index contributed by atoms with van der Waals surface area (Å²) >= 11 is 0. The molecular formula is C18H24FN3O2. The highest BCUT2D eigenvalue weighted by Crippen LogP contribution is 2.21. The van der Waals surface area contributed by atoms with Crippen LogP contribution in [-0.4, -0.2) is 53.8 Å². The number of rotatable bonds is 4. The zero-order valence-corrected chi connectivity index (χ0v) is 14.5. The number of likely N-dealkylation sites (tertiary alicyclic amines) is 1. The standard InChI is InChI=1S/C18H24FN3O2/c1-11(2)22-9-14(17(10-22)24-4)20-18(23)16-8-12-7-13(19)5-6-15(12)21(16)3/h5-8,11,14,17H,9-10H2,1-4H3,(H,20,23)/t14-,17-/m0/s1. The van der Waals surface area contributed by atoms with Gasteiger partial charge in [-0.15, -0.1) is 0 Å². The van der Waals surface area contributed by atoms with Crippen molar-refractivity contribution in [1.82, 2.24) is 14.8 Å². The largest absolute Gasteiger partial charge is 0.378 e. The number of amides is 1. The molecule has 130 valence electrons. The van der Waals surface area contributed by atoms with Crippen molar-refractivity contribution in [2.75, 3.05) is 20.2 Å². The number of carbonyl (C=O) groups is 1. The van der Waals surface area contributed by atoms with Crippen molar-refractivity contribution in [3.63, 3.8) is 0 Å². The Hall–Kier alpha value is -1.92. The van der Waals surface area contributed by atoms with Gasteiger partial charge in [0.25, 0.3) is 5.91 Å². The van der Waals surface area contributed by atoms with E-state index in [2.05, 4.69) is 24.1 Å². The van der Waals surface area contributed by atoms with Gasteiger partial charge in [-0.1, -0.05) is 0 Å². The average molecular weight is 333 g/mol. The molecule has 1 N–H and O–H groups in total. The number of nitrogens with one attached hydrogen (secondary N) is 1. The van der Waals surface area contributed by atoms with E-state index in [1.54, 1.807) is 23.8 Å². The molecule has 3 rings (SSSR count). The molecule has 2 heterocycles. The molecule has 1 aromatic carbocycles. The predicted octanol–water partition coefficient (Wildman–Crippen LogP) is 2.15. The van der Waals surface area contributed by atoms with Gasteiger partial charge < -0.3 is 14.6 Å². The normalized spacial score (nSPS) is 21.8. The predicted molar refractivity (Wildman–Crippen MR) is 91.6 cm³/mol. The summed E-state index contributed by atoms with van der Waals surface area (Å²) in [6.07, 6.45) is -0.0246. The summed E-state index contributed by atoms with van der Waals surface area (Å²) in [5.41, 5.74) is 1.36. The van der Waals surface area contributed by atoms with Gasteiger partial charge >= 0.3 is 0 Å². The Labute approximate surface area is 141 Å². The van der Waals surface area contributed by atoms with E-state index in [-0.39, 0.29) is 23.9 Å². The van der Waals surface area contributed by atoms with Crippen LogP contribution in [0.5, 0.6) is 0 Å². The van der Waals surface area contributed by atoms with Gasteiger partial charge in [0.05, 0.1) is 12.1 Å². The molecule has 0 radical (unpaired) electrons. The number of benzene rings is 1. The summed E-state index contributed by atoms with van der Waals surface area (Å²) < 4.78 is 20.7. The third kappa shape index (κ3) is 3.03. The maximum atomic E-state index is 13.4. The van der Waals surface area contributed by atoms with Gasteiger partial charge in [-0.05, 0) is 38.1 Å². The van der Waals surface area contributed by atoms with Crippen molar-refractivity contribution in [2.45, 2.75) is 32.0 Å². The number of hydrogen-bond donors (Lipinski definition) is 1. The van der Waals surface area contributed by atoms with E-state index >= 15 is 0 Å². The highest BCUT2D eigenvalue weighted by atomic mass is 19.1. The second-order valence-electron chi connectivity index (χ2n) is 6.69. The fraction of sp³-hybridized carbons (Fsp3) is 0.500. The first-order valence-electron chi connectivity index (χ1n) is 8.23. The molecule has 1 aromatic heterocycles. The molecule has 2 atom stereocenters. The van der Waals surface area contributed by atoms with Gasteiger partial charge in [-0.2, -0.15) is 0 Å². The smallest absolute Gasteiger partial charge is 0.268 e. The molecule has 0 unspecified atom stereocenters. The van der Waals surface area contributed by atoms with Crippen LogP contribution in [0.4, 0.5) is 4.39 Å². The molecule has 1 fully saturated rings. The number of aryl methyl sites for hydroxylation is 1. The molecule has 2 aromatic rings. The monoisotopic (exact) mass is 333 g/mol. The first-order chi connectivity index (χ1) is 11.4. The van der Waals surface area contributed by atoms with Gasteiger partial charge in [0.1, 0.15) is 11.5 Å². The van der Waals surface area contributed by atoms with Crippen molar-refractivity contribution >= 4 is 16.8 Å². The Balaban J connectivity index is 1.81. The third-order valence-corrected chi connectivity index (χ3v) is 4.88. The SMILES string of the molecule is CO[C@H]1CN(C(C)C)C[C@@H]1NC(=O)c1cc2cc(F)ccc2n1C. The zero-order valence-electron chi connectivity index (χ0n) is 14.5. The minimum Gasteiger partial charge on any atom is -0.378 e. The summed E-state index contributed by atoms with van der Waals surface area (Å²) in [5.74, 6) is -0.463. The summed E-state index contributed by atoms with van der Waals surface area (Å²) in [6.45, 7) is 5.84. The van der Waals surface area contributed by atoms with Crippen molar-refractivity contribution in [1.29, 1.82) is 0 Å². The molecule has 1 saturated heterocycles. The molecule has 0 aliphatic carbocycles. The highest BCUT2D eigenvalue weighted by Gasteiger charge is 2.35. The van der Waals surface area contributed by atoms with E-state index in [9.17, 15) is 9.18 Å². The number of halogens is 1. The van der Waals surface area contributed by atoms with Crippen LogP contribution < -0.4 is 5.32 Å². The summed E-state index contributed by atoms with van der Waals surface area (Å²) in [4.78, 5) is 15.0. The van der Waals surface area contributed by atoms with E-state index in [4.69, 9.17) is 4.74 Å². The Bertz CT molecular complexity index is 756. The second-order valence-corrected chi connectivity index (χ2v) is 6.69. The fourth-order valence-electron chi connectivity index (χ4n) is 3.38. The molecule has 5 nitrogen and oxygen atoms in total. The number of fused-ring (bicyclic) bond motifs is 1. The topological polar surface area (TPSA) is 46.5 Å². The Morgan fingerprint density at radius 1 is 1.33 bits per heavy atom. The molecule has 6 heteroatoms. The van der Waals surface area contributed by atoms with Gasteiger partial charge in [0.2, 0.25) is 0 Å². The van der Waals surface area contributed by atoms with Gasteiger partial charge in [0, 0.05) is 44.2 Å². The Morgan fingerprint density at radius 3 is 2.75 bits per heavy atom. The number of nitrogens with zero attached hydrogens (tertiary/aromatic N) is 2. The lowest BCUT2D eigenvalue weighted by molar-refractivity contribution is 0.0748. The van der Waals surface area contributed by atoms with Gasteiger partial charge in [0.15, 0.2) is 0 Å². The number of aromatic nitrogens is 1. The van der Waals surface area contributed by atoms with Crippen LogP contribution >= 0.6 is 0 Å². The lowest BCUT2D eigenvalue weighted by atomic mass is 10.2. The van der Waals surface area contributed by atoms with Gasteiger partial charge in [-0.25, -0.2) is 4.39 Å². The van der Waals surface area contributed by atoms with Gasteiger partial charge in [-0.3, -0.25) is 9.69 Å². The van der Waals surface area contributed by atoms with Crippen molar-refractivity contribution in [3.8, 4) is 0 Å². The molecule has 0 saturated carbocycles. The van der Waals surface area contributed by atoms with E-state index < -0.39 is 0 Å². The maximum absolute atomic E-state index is 13.4. The van der Waals surface area contributed by atoms with Crippen molar-refractivity contribution in [2.24, 2.45) is 7.05 Å². The molecular weight excluding hydrogens is 309 g/mol. The third-order valence-electron chi connectivity index (χ3n) is 4.88. The lowest BCUT2D eigenvalue weighted by Crippen LogP contribution is -2.44. The molecule has 1 aliphatic rings. The van der Waals surface area contributed by atoms with E-state index in [1.165, 1.54) is 12.1 Å². The molecule has 0 spiro atoms. The molecule has 24 heavy (non-hydrogen) atoms. The summed E-state index contributed by atoms with van der Waals surface area (Å²) in [6, 6.07) is 6.62. The van der Waals surface area contributed by atoms with Crippen LogP contribution in [0.25, 0.3) is 10.9 Å². The fourth-order valence-corrected chi connectivity index (χ4v) is 3.38. The zero-order chi connectivity index (χ0) is 17.4. The second kappa shape index (κ2) is 6.53. The maximum Gasteiger partial charge on any atom is 0.268 e.